The Hall–Kier alpha value is -4.01. The molecule has 3 aromatic carbocycles. The van der Waals surface area contributed by atoms with Gasteiger partial charge in [0.05, 0.1) is 25.3 Å². The van der Waals surface area contributed by atoms with Gasteiger partial charge in [0, 0.05) is 35.4 Å². The SMILES string of the molecule is CCCC(CCC)c1ccc(N(Cc2ccc(-c3csc(CN(C(=O)CNCC(=O)O)c4ccccc4)n3)cc2)CC(C)C)cc1. The molecule has 2 N–H and O–H groups in total. The van der Waals surface area contributed by atoms with E-state index in [9.17, 15) is 9.59 Å². The second-order valence-electron chi connectivity index (χ2n) is 12.3. The number of nitrogens with one attached hydrogen (secondary N) is 1. The summed E-state index contributed by atoms with van der Waals surface area (Å²) >= 11 is 1.51. The third-order valence-corrected chi connectivity index (χ3v) is 8.81. The predicted molar refractivity (Wildman–Crippen MR) is 191 cm³/mol. The molecule has 1 heterocycles. The van der Waals surface area contributed by atoms with Crippen LogP contribution in [0.5, 0.6) is 0 Å². The molecule has 4 rings (SSSR count). The van der Waals surface area contributed by atoms with Crippen LogP contribution in [0, 0.1) is 5.92 Å². The Morgan fingerprint density at radius 1 is 0.848 bits per heavy atom. The first-order valence-corrected chi connectivity index (χ1v) is 17.3. The molecule has 0 unspecified atom stereocenters. The number of aromatic nitrogens is 1. The van der Waals surface area contributed by atoms with Crippen molar-refractivity contribution >= 4 is 34.6 Å². The summed E-state index contributed by atoms with van der Waals surface area (Å²) in [6.45, 7) is 10.8. The summed E-state index contributed by atoms with van der Waals surface area (Å²) in [6, 6.07) is 27.3. The first-order valence-electron chi connectivity index (χ1n) is 16.4. The van der Waals surface area contributed by atoms with Gasteiger partial charge >= 0.3 is 5.97 Å². The van der Waals surface area contributed by atoms with E-state index in [-0.39, 0.29) is 19.0 Å². The van der Waals surface area contributed by atoms with Crippen molar-refractivity contribution < 1.29 is 14.7 Å². The van der Waals surface area contributed by atoms with Crippen LogP contribution in [0.2, 0.25) is 0 Å². The number of benzene rings is 3. The minimum absolute atomic E-state index is 0.0723. The second kappa shape index (κ2) is 17.6. The smallest absolute Gasteiger partial charge is 0.317 e. The van der Waals surface area contributed by atoms with Crippen LogP contribution < -0.4 is 15.1 Å². The Balaban J connectivity index is 1.45. The van der Waals surface area contributed by atoms with Gasteiger partial charge in [0.2, 0.25) is 5.91 Å². The molecule has 1 aromatic heterocycles. The molecule has 0 bridgehead atoms. The number of rotatable bonds is 18. The minimum atomic E-state index is -1.00. The third-order valence-electron chi connectivity index (χ3n) is 7.98. The van der Waals surface area contributed by atoms with E-state index in [0.29, 0.717) is 18.4 Å². The Labute approximate surface area is 278 Å². The third kappa shape index (κ3) is 10.3. The number of hydrogen-bond acceptors (Lipinski definition) is 6. The zero-order valence-corrected chi connectivity index (χ0v) is 28.4. The normalized spacial score (nSPS) is 11.3. The Kier molecular flexibility index (Phi) is 13.4. The van der Waals surface area contributed by atoms with Crippen molar-refractivity contribution in [3.8, 4) is 11.3 Å². The molecule has 244 valence electrons. The molecule has 7 nitrogen and oxygen atoms in total. The van der Waals surface area contributed by atoms with Crippen LogP contribution in [0.4, 0.5) is 11.4 Å². The fourth-order valence-electron chi connectivity index (χ4n) is 5.79. The van der Waals surface area contributed by atoms with Crippen molar-refractivity contribution in [3.05, 3.63) is 100 Å². The summed E-state index contributed by atoms with van der Waals surface area (Å²) in [5, 5.41) is 14.5. The summed E-state index contributed by atoms with van der Waals surface area (Å²) < 4.78 is 0. The number of thiazole rings is 1. The largest absolute Gasteiger partial charge is 0.480 e. The Morgan fingerprint density at radius 3 is 2.13 bits per heavy atom. The Morgan fingerprint density at radius 2 is 1.52 bits per heavy atom. The van der Waals surface area contributed by atoms with E-state index in [1.165, 1.54) is 53.8 Å². The van der Waals surface area contributed by atoms with Crippen molar-refractivity contribution in [2.45, 2.75) is 72.4 Å². The number of para-hydroxylation sites is 1. The number of carboxylic acids is 1. The van der Waals surface area contributed by atoms with Gasteiger partial charge in [-0.1, -0.05) is 95.1 Å². The number of anilines is 2. The van der Waals surface area contributed by atoms with Gasteiger partial charge in [0.1, 0.15) is 5.01 Å². The number of nitrogens with zero attached hydrogens (tertiary/aromatic N) is 3. The standard InChI is InChI=1S/C38H48N4O3S/c1-5-10-30(11-6-2)31-18-20-33(21-19-31)41(24-28(3)4)25-29-14-16-32(17-15-29)35-27-46-36(40-35)26-42(34-12-8-7-9-13-34)37(43)22-39-23-38(44)45/h7-9,12-21,27-28,30,39H,5-6,10-11,22-26H2,1-4H3,(H,44,45). The number of carbonyl (C=O) groups is 2. The van der Waals surface area contributed by atoms with Gasteiger partial charge < -0.3 is 14.9 Å². The van der Waals surface area contributed by atoms with E-state index in [1.54, 1.807) is 4.90 Å². The molecule has 4 aromatic rings. The van der Waals surface area contributed by atoms with E-state index in [4.69, 9.17) is 10.1 Å². The Bertz CT molecular complexity index is 1500. The number of carbonyl (C=O) groups excluding carboxylic acids is 1. The van der Waals surface area contributed by atoms with Gasteiger partial charge in [-0.15, -0.1) is 11.3 Å². The lowest BCUT2D eigenvalue weighted by atomic mass is 9.90. The highest BCUT2D eigenvalue weighted by atomic mass is 32.1. The minimum Gasteiger partial charge on any atom is -0.480 e. The summed E-state index contributed by atoms with van der Waals surface area (Å²) in [6.07, 6.45) is 4.91. The van der Waals surface area contributed by atoms with E-state index < -0.39 is 5.97 Å². The molecule has 0 aliphatic heterocycles. The van der Waals surface area contributed by atoms with Crippen LogP contribution >= 0.6 is 11.3 Å². The molecule has 0 aliphatic rings. The first kappa shape index (κ1) is 34.9. The van der Waals surface area contributed by atoms with Crippen LogP contribution in [-0.2, 0) is 22.7 Å². The highest BCUT2D eigenvalue weighted by Crippen LogP contribution is 2.30. The quantitative estimate of drug-likeness (QED) is 0.114. The lowest BCUT2D eigenvalue weighted by Crippen LogP contribution is -2.39. The summed E-state index contributed by atoms with van der Waals surface area (Å²) in [5.74, 6) is -0.0326. The zero-order valence-electron chi connectivity index (χ0n) is 27.6. The van der Waals surface area contributed by atoms with Gasteiger partial charge in [-0.05, 0) is 60.1 Å². The van der Waals surface area contributed by atoms with E-state index in [2.05, 4.69) is 86.4 Å². The average molecular weight is 641 g/mol. The maximum atomic E-state index is 13.0. The molecule has 8 heteroatoms. The number of hydrogen-bond donors (Lipinski definition) is 2. The molecule has 0 aliphatic carbocycles. The molecule has 46 heavy (non-hydrogen) atoms. The molecule has 0 atom stereocenters. The molecule has 1 amide bonds. The van der Waals surface area contributed by atoms with Crippen molar-refractivity contribution in [1.29, 1.82) is 0 Å². The van der Waals surface area contributed by atoms with Crippen molar-refractivity contribution in [3.63, 3.8) is 0 Å². The highest BCUT2D eigenvalue weighted by Gasteiger charge is 2.19. The zero-order chi connectivity index (χ0) is 32.9. The molecule has 0 radical (unpaired) electrons. The lowest BCUT2D eigenvalue weighted by molar-refractivity contribution is -0.136. The number of carboxylic acid groups (broad SMARTS) is 1. The van der Waals surface area contributed by atoms with Crippen LogP contribution in [0.15, 0.2) is 84.2 Å². The molecule has 0 fully saturated rings. The summed E-state index contributed by atoms with van der Waals surface area (Å²) in [4.78, 5) is 32.9. The van der Waals surface area contributed by atoms with Gasteiger partial charge in [0.15, 0.2) is 0 Å². The second-order valence-corrected chi connectivity index (χ2v) is 13.2. The molecular formula is C38H48N4O3S. The molecule has 0 saturated heterocycles. The van der Waals surface area contributed by atoms with Crippen molar-refractivity contribution in [2.75, 3.05) is 29.4 Å². The number of amides is 1. The van der Waals surface area contributed by atoms with Gasteiger partial charge in [0.25, 0.3) is 0 Å². The van der Waals surface area contributed by atoms with E-state index in [0.717, 1.165) is 35.0 Å². The topological polar surface area (TPSA) is 85.8 Å². The summed E-state index contributed by atoms with van der Waals surface area (Å²) in [7, 11) is 0. The molecular weight excluding hydrogens is 593 g/mol. The van der Waals surface area contributed by atoms with E-state index in [1.807, 2.05) is 35.7 Å². The van der Waals surface area contributed by atoms with Crippen molar-refractivity contribution in [2.24, 2.45) is 5.92 Å². The lowest BCUT2D eigenvalue weighted by Gasteiger charge is -2.28. The highest BCUT2D eigenvalue weighted by molar-refractivity contribution is 7.10. The maximum absolute atomic E-state index is 13.0. The van der Waals surface area contributed by atoms with E-state index >= 15 is 0 Å². The van der Waals surface area contributed by atoms with Crippen LogP contribution in [0.1, 0.15) is 75.4 Å². The molecule has 0 saturated carbocycles. The first-order chi connectivity index (χ1) is 22.3. The van der Waals surface area contributed by atoms with Crippen LogP contribution in [-0.4, -0.2) is 41.6 Å². The predicted octanol–water partition coefficient (Wildman–Crippen LogP) is 8.36. The number of aliphatic carboxylic acids is 1. The average Bonchev–Trinajstić information content (AvgIpc) is 3.52. The van der Waals surface area contributed by atoms with Gasteiger partial charge in [-0.25, -0.2) is 4.98 Å². The fourth-order valence-corrected chi connectivity index (χ4v) is 6.58. The van der Waals surface area contributed by atoms with Crippen LogP contribution in [0.25, 0.3) is 11.3 Å². The van der Waals surface area contributed by atoms with Crippen LogP contribution in [0.3, 0.4) is 0 Å². The fraction of sp³-hybridized carbons (Fsp3) is 0.395. The van der Waals surface area contributed by atoms with Crippen molar-refractivity contribution in [1.82, 2.24) is 10.3 Å². The van der Waals surface area contributed by atoms with Gasteiger partial charge in [-0.2, -0.15) is 0 Å². The molecule has 0 spiro atoms. The maximum Gasteiger partial charge on any atom is 0.317 e. The summed E-state index contributed by atoms with van der Waals surface area (Å²) in [5.41, 5.74) is 6.61. The van der Waals surface area contributed by atoms with Gasteiger partial charge in [-0.3, -0.25) is 14.9 Å². The monoisotopic (exact) mass is 640 g/mol.